The quantitative estimate of drug-likeness (QED) is 0.597. The number of fused-ring (bicyclic) bond motifs is 3. The zero-order chi connectivity index (χ0) is 18.8. The number of rotatable bonds is 2. The molecule has 0 N–H and O–H groups in total. The number of nitrogens with zero attached hydrogens (tertiary/aromatic N) is 1. The lowest BCUT2D eigenvalue weighted by atomic mass is 9.70. The van der Waals surface area contributed by atoms with Crippen LogP contribution in [0.15, 0.2) is 35.2 Å². The van der Waals surface area contributed by atoms with Gasteiger partial charge in [0.15, 0.2) is 5.71 Å². The van der Waals surface area contributed by atoms with Gasteiger partial charge in [0.1, 0.15) is 16.7 Å². The van der Waals surface area contributed by atoms with Gasteiger partial charge in [0.25, 0.3) is 0 Å². The standard InChI is InChI=1S/C20H25NO3S/c1-7-21-16-11-8-13-12-14(25(22,23)24)9-10-15(13)17(16)20(5,6)18(21)19(2,3)4/h8-12H,7H2,1-6H3. The lowest BCUT2D eigenvalue weighted by molar-refractivity contribution is -0.438. The van der Waals surface area contributed by atoms with E-state index >= 15 is 0 Å². The number of hydrogen-bond acceptors (Lipinski definition) is 3. The summed E-state index contributed by atoms with van der Waals surface area (Å²) < 4.78 is 36.4. The van der Waals surface area contributed by atoms with E-state index in [1.165, 1.54) is 29.1 Å². The van der Waals surface area contributed by atoms with Gasteiger partial charge >= 0.3 is 0 Å². The Balaban J connectivity index is 2.36. The highest BCUT2D eigenvalue weighted by molar-refractivity contribution is 7.85. The van der Waals surface area contributed by atoms with Gasteiger partial charge in [-0.1, -0.05) is 26.8 Å². The van der Waals surface area contributed by atoms with Crippen LogP contribution in [-0.4, -0.2) is 29.8 Å². The van der Waals surface area contributed by atoms with Gasteiger partial charge in [0.05, 0.1) is 10.3 Å². The van der Waals surface area contributed by atoms with Crippen molar-refractivity contribution in [1.82, 2.24) is 0 Å². The Morgan fingerprint density at radius 3 is 2.28 bits per heavy atom. The van der Waals surface area contributed by atoms with Crippen molar-refractivity contribution >= 4 is 32.3 Å². The molecule has 2 aromatic rings. The molecule has 0 unspecified atom stereocenters. The molecular weight excluding hydrogens is 334 g/mol. The number of hydrogen-bond donors (Lipinski definition) is 0. The van der Waals surface area contributed by atoms with E-state index in [9.17, 15) is 13.0 Å². The normalized spacial score (nSPS) is 17.2. The summed E-state index contributed by atoms with van der Waals surface area (Å²) in [5, 5.41) is 1.79. The van der Waals surface area contributed by atoms with Gasteiger partial charge in [-0.2, -0.15) is 4.58 Å². The fourth-order valence-electron chi connectivity index (χ4n) is 4.58. The Morgan fingerprint density at radius 1 is 1.12 bits per heavy atom. The highest BCUT2D eigenvalue weighted by Crippen LogP contribution is 2.47. The predicted molar refractivity (Wildman–Crippen MR) is 99.9 cm³/mol. The number of benzene rings is 2. The SMILES string of the molecule is CC[N+]1=C(C(C)(C)C)C(C)(C)c2c1ccc1cc(S(=O)(=O)[O-])ccc21. The van der Waals surface area contributed by atoms with Crippen molar-refractivity contribution in [2.45, 2.75) is 51.9 Å². The highest BCUT2D eigenvalue weighted by atomic mass is 32.2. The van der Waals surface area contributed by atoms with Gasteiger partial charge in [0, 0.05) is 17.0 Å². The van der Waals surface area contributed by atoms with Crippen LogP contribution in [0, 0.1) is 5.41 Å². The topological polar surface area (TPSA) is 60.2 Å². The molecular formula is C20H25NO3S. The third-order valence-corrected chi connectivity index (χ3v) is 5.89. The Kier molecular flexibility index (Phi) is 3.90. The molecule has 25 heavy (non-hydrogen) atoms. The molecule has 0 atom stereocenters. The van der Waals surface area contributed by atoms with Crippen molar-refractivity contribution in [3.63, 3.8) is 0 Å². The molecule has 1 aliphatic heterocycles. The van der Waals surface area contributed by atoms with Crippen molar-refractivity contribution in [2.75, 3.05) is 6.54 Å². The van der Waals surface area contributed by atoms with Gasteiger partial charge < -0.3 is 4.55 Å². The Bertz CT molecular complexity index is 1010. The zero-order valence-electron chi connectivity index (χ0n) is 15.7. The van der Waals surface area contributed by atoms with Gasteiger partial charge in [-0.15, -0.1) is 0 Å². The maximum Gasteiger partial charge on any atom is 0.210 e. The van der Waals surface area contributed by atoms with E-state index in [0.717, 1.165) is 17.3 Å². The minimum absolute atomic E-state index is 0.00313. The molecule has 0 bridgehead atoms. The molecule has 0 aromatic heterocycles. The van der Waals surface area contributed by atoms with E-state index in [4.69, 9.17) is 0 Å². The first-order valence-corrected chi connectivity index (χ1v) is 9.98. The Labute approximate surface area is 149 Å². The lowest BCUT2D eigenvalue weighted by Gasteiger charge is -2.27. The van der Waals surface area contributed by atoms with Crippen LogP contribution in [0.4, 0.5) is 5.69 Å². The molecule has 2 aromatic carbocycles. The monoisotopic (exact) mass is 359 g/mol. The molecule has 4 nitrogen and oxygen atoms in total. The maximum absolute atomic E-state index is 11.4. The molecule has 0 saturated carbocycles. The van der Waals surface area contributed by atoms with Crippen molar-refractivity contribution in [3.8, 4) is 0 Å². The average molecular weight is 359 g/mol. The van der Waals surface area contributed by atoms with E-state index < -0.39 is 10.1 Å². The van der Waals surface area contributed by atoms with Crippen LogP contribution in [0.3, 0.4) is 0 Å². The summed E-state index contributed by atoms with van der Waals surface area (Å²) in [7, 11) is -4.45. The fraction of sp³-hybridized carbons (Fsp3) is 0.450. The van der Waals surface area contributed by atoms with Crippen LogP contribution >= 0.6 is 0 Å². The fourth-order valence-corrected chi connectivity index (χ4v) is 5.09. The summed E-state index contributed by atoms with van der Waals surface area (Å²) in [4.78, 5) is -0.178. The predicted octanol–water partition coefficient (Wildman–Crippen LogP) is 4.19. The van der Waals surface area contributed by atoms with E-state index in [1.54, 1.807) is 6.07 Å². The van der Waals surface area contributed by atoms with Gasteiger partial charge in [-0.05, 0) is 49.7 Å². The molecule has 3 rings (SSSR count). The third kappa shape index (κ3) is 2.70. The molecule has 0 saturated heterocycles. The van der Waals surface area contributed by atoms with Crippen molar-refractivity contribution < 1.29 is 17.5 Å². The van der Waals surface area contributed by atoms with Crippen molar-refractivity contribution in [3.05, 3.63) is 35.9 Å². The largest absolute Gasteiger partial charge is 0.744 e. The van der Waals surface area contributed by atoms with Crippen molar-refractivity contribution in [1.29, 1.82) is 0 Å². The van der Waals surface area contributed by atoms with Gasteiger partial charge in [-0.3, -0.25) is 0 Å². The summed E-state index contributed by atoms with van der Waals surface area (Å²) in [6, 6.07) is 8.64. The first-order chi connectivity index (χ1) is 11.4. The van der Waals surface area contributed by atoms with Crippen LogP contribution < -0.4 is 0 Å². The molecule has 0 radical (unpaired) electrons. The summed E-state index contributed by atoms with van der Waals surface area (Å²) >= 11 is 0. The van der Waals surface area contributed by atoms with Crippen LogP contribution in [0.25, 0.3) is 10.8 Å². The van der Waals surface area contributed by atoms with Crippen molar-refractivity contribution in [2.24, 2.45) is 5.41 Å². The van der Waals surface area contributed by atoms with Gasteiger partial charge in [-0.25, -0.2) is 8.42 Å². The molecule has 1 heterocycles. The summed E-state index contributed by atoms with van der Waals surface area (Å²) in [6.45, 7) is 14.1. The molecule has 1 aliphatic rings. The first kappa shape index (κ1) is 18.1. The minimum atomic E-state index is -4.45. The summed E-state index contributed by atoms with van der Waals surface area (Å²) in [5.74, 6) is 0. The van der Waals surface area contributed by atoms with E-state index in [2.05, 4.69) is 46.1 Å². The van der Waals surface area contributed by atoms with Gasteiger partial charge in [0.2, 0.25) is 5.69 Å². The maximum atomic E-state index is 11.4. The Hall–Kier alpha value is -1.72. The Morgan fingerprint density at radius 2 is 1.76 bits per heavy atom. The van der Waals surface area contributed by atoms with E-state index in [1.807, 2.05) is 12.1 Å². The zero-order valence-corrected chi connectivity index (χ0v) is 16.5. The molecule has 0 fully saturated rings. The van der Waals surface area contributed by atoms with Crippen LogP contribution in [0.2, 0.25) is 0 Å². The summed E-state index contributed by atoms with van der Waals surface area (Å²) in [5.41, 5.74) is 3.55. The molecule has 0 amide bonds. The average Bonchev–Trinajstić information content (AvgIpc) is 2.72. The van der Waals surface area contributed by atoms with Crippen LogP contribution in [-0.2, 0) is 15.5 Å². The van der Waals surface area contributed by atoms with Crippen LogP contribution in [0.1, 0.15) is 47.1 Å². The van der Waals surface area contributed by atoms with E-state index in [0.29, 0.717) is 0 Å². The molecule has 0 spiro atoms. The first-order valence-electron chi connectivity index (χ1n) is 8.57. The second-order valence-electron chi connectivity index (χ2n) is 8.26. The van der Waals surface area contributed by atoms with Crippen LogP contribution in [0.5, 0.6) is 0 Å². The third-order valence-electron chi connectivity index (χ3n) is 5.06. The molecule has 5 heteroatoms. The lowest BCUT2D eigenvalue weighted by Crippen LogP contribution is -2.39. The second-order valence-corrected chi connectivity index (χ2v) is 9.64. The smallest absolute Gasteiger partial charge is 0.210 e. The molecule has 134 valence electrons. The van der Waals surface area contributed by atoms with E-state index in [-0.39, 0.29) is 15.7 Å². The minimum Gasteiger partial charge on any atom is -0.744 e. The highest BCUT2D eigenvalue weighted by Gasteiger charge is 2.50. The molecule has 0 aliphatic carbocycles. The summed E-state index contributed by atoms with van der Waals surface area (Å²) in [6.07, 6.45) is 0. The second kappa shape index (κ2) is 5.39.